The summed E-state index contributed by atoms with van der Waals surface area (Å²) < 4.78 is 0. The fourth-order valence-corrected chi connectivity index (χ4v) is 2.22. The van der Waals surface area contributed by atoms with Crippen LogP contribution in [0.3, 0.4) is 0 Å². The normalized spacial score (nSPS) is 19.0. The molecule has 1 fully saturated rings. The van der Waals surface area contributed by atoms with Crippen molar-refractivity contribution in [2.75, 3.05) is 20.1 Å². The Hall–Kier alpha value is -0.0800. The van der Waals surface area contributed by atoms with Gasteiger partial charge in [0, 0.05) is 24.7 Å². The van der Waals surface area contributed by atoms with Gasteiger partial charge >= 0.3 is 0 Å². The van der Waals surface area contributed by atoms with Gasteiger partial charge in [-0.15, -0.1) is 0 Å². The van der Waals surface area contributed by atoms with Crippen molar-refractivity contribution in [3.63, 3.8) is 0 Å². The molecule has 1 rings (SSSR count). The zero-order valence-corrected chi connectivity index (χ0v) is 11.0. The van der Waals surface area contributed by atoms with E-state index in [0.717, 1.165) is 12.6 Å². The molecule has 0 amide bonds. The van der Waals surface area contributed by atoms with Gasteiger partial charge in [-0.1, -0.05) is 19.8 Å². The SMILES string of the molecule is CCC(C)(C)NCCN(C)C1CCCC1. The predicted molar refractivity (Wildman–Crippen MR) is 67.3 cm³/mol. The Kier molecular flexibility index (Phi) is 5.07. The van der Waals surface area contributed by atoms with Crippen LogP contribution < -0.4 is 5.32 Å². The number of hydrogen-bond donors (Lipinski definition) is 1. The summed E-state index contributed by atoms with van der Waals surface area (Å²) in [4.78, 5) is 2.53. The molecule has 0 aromatic heterocycles. The maximum absolute atomic E-state index is 3.62. The second kappa shape index (κ2) is 5.86. The van der Waals surface area contributed by atoms with E-state index in [4.69, 9.17) is 0 Å². The van der Waals surface area contributed by atoms with Crippen molar-refractivity contribution in [3.8, 4) is 0 Å². The molecule has 90 valence electrons. The minimum absolute atomic E-state index is 0.302. The van der Waals surface area contributed by atoms with E-state index in [1.54, 1.807) is 0 Å². The van der Waals surface area contributed by atoms with E-state index < -0.39 is 0 Å². The van der Waals surface area contributed by atoms with Gasteiger partial charge in [-0.3, -0.25) is 0 Å². The highest BCUT2D eigenvalue weighted by Crippen LogP contribution is 2.21. The Labute approximate surface area is 95.4 Å². The van der Waals surface area contributed by atoms with Crippen LogP contribution in [0.4, 0.5) is 0 Å². The molecular formula is C13H28N2. The Morgan fingerprint density at radius 3 is 2.40 bits per heavy atom. The van der Waals surface area contributed by atoms with Crippen LogP contribution in [0.25, 0.3) is 0 Å². The smallest absolute Gasteiger partial charge is 0.0123 e. The summed E-state index contributed by atoms with van der Waals surface area (Å²) >= 11 is 0. The number of rotatable bonds is 6. The monoisotopic (exact) mass is 212 g/mol. The number of nitrogens with one attached hydrogen (secondary N) is 1. The van der Waals surface area contributed by atoms with E-state index in [9.17, 15) is 0 Å². The van der Waals surface area contributed by atoms with E-state index in [-0.39, 0.29) is 0 Å². The third kappa shape index (κ3) is 4.52. The van der Waals surface area contributed by atoms with Crippen molar-refractivity contribution in [1.29, 1.82) is 0 Å². The maximum atomic E-state index is 3.62. The highest BCUT2D eigenvalue weighted by atomic mass is 15.1. The minimum atomic E-state index is 0.302. The van der Waals surface area contributed by atoms with Crippen molar-refractivity contribution >= 4 is 0 Å². The van der Waals surface area contributed by atoms with Gasteiger partial charge in [0.25, 0.3) is 0 Å². The van der Waals surface area contributed by atoms with Crippen LogP contribution in [-0.2, 0) is 0 Å². The Morgan fingerprint density at radius 1 is 1.27 bits per heavy atom. The highest BCUT2D eigenvalue weighted by molar-refractivity contribution is 4.78. The van der Waals surface area contributed by atoms with Crippen LogP contribution in [0.2, 0.25) is 0 Å². The first-order valence-corrected chi connectivity index (χ1v) is 6.50. The first kappa shape index (κ1) is 13.0. The molecule has 1 N–H and O–H groups in total. The van der Waals surface area contributed by atoms with Gasteiger partial charge in [0.15, 0.2) is 0 Å². The fraction of sp³-hybridized carbons (Fsp3) is 1.00. The third-order valence-corrected chi connectivity index (χ3v) is 3.90. The lowest BCUT2D eigenvalue weighted by molar-refractivity contribution is 0.233. The molecule has 0 bridgehead atoms. The molecule has 1 saturated carbocycles. The molecule has 15 heavy (non-hydrogen) atoms. The van der Waals surface area contributed by atoms with E-state index >= 15 is 0 Å². The predicted octanol–water partition coefficient (Wildman–Crippen LogP) is 2.64. The summed E-state index contributed by atoms with van der Waals surface area (Å²) in [5.74, 6) is 0. The molecule has 0 atom stereocenters. The Bertz CT molecular complexity index is 171. The van der Waals surface area contributed by atoms with Gasteiger partial charge in [-0.05, 0) is 40.2 Å². The lowest BCUT2D eigenvalue weighted by Gasteiger charge is -2.28. The van der Waals surface area contributed by atoms with Gasteiger partial charge in [-0.2, -0.15) is 0 Å². The van der Waals surface area contributed by atoms with Crippen LogP contribution in [0, 0.1) is 0 Å². The summed E-state index contributed by atoms with van der Waals surface area (Å²) in [6, 6.07) is 0.858. The van der Waals surface area contributed by atoms with Crippen molar-refractivity contribution < 1.29 is 0 Å². The quantitative estimate of drug-likeness (QED) is 0.728. The standard InChI is InChI=1S/C13H28N2/c1-5-13(2,3)14-10-11-15(4)12-8-6-7-9-12/h12,14H,5-11H2,1-4H3. The molecule has 0 saturated heterocycles. The zero-order chi connectivity index (χ0) is 11.3. The van der Waals surface area contributed by atoms with Crippen LogP contribution in [0.15, 0.2) is 0 Å². The summed E-state index contributed by atoms with van der Waals surface area (Å²) in [5.41, 5.74) is 0.302. The molecular weight excluding hydrogens is 184 g/mol. The first-order valence-electron chi connectivity index (χ1n) is 6.50. The minimum Gasteiger partial charge on any atom is -0.311 e. The summed E-state index contributed by atoms with van der Waals surface area (Å²) in [6.07, 6.45) is 6.88. The van der Waals surface area contributed by atoms with Gasteiger partial charge in [0.05, 0.1) is 0 Å². The Morgan fingerprint density at radius 2 is 1.87 bits per heavy atom. The van der Waals surface area contributed by atoms with E-state index in [2.05, 4.69) is 38.0 Å². The molecule has 0 heterocycles. The number of nitrogens with zero attached hydrogens (tertiary/aromatic N) is 1. The van der Waals surface area contributed by atoms with Crippen molar-refractivity contribution in [3.05, 3.63) is 0 Å². The molecule has 0 spiro atoms. The van der Waals surface area contributed by atoms with E-state index in [1.807, 2.05) is 0 Å². The zero-order valence-electron chi connectivity index (χ0n) is 11.0. The molecule has 0 radical (unpaired) electrons. The van der Waals surface area contributed by atoms with Gasteiger partial charge in [-0.25, -0.2) is 0 Å². The lowest BCUT2D eigenvalue weighted by Crippen LogP contribution is -2.44. The van der Waals surface area contributed by atoms with Crippen molar-refractivity contribution in [2.24, 2.45) is 0 Å². The molecule has 0 aromatic carbocycles. The molecule has 1 aliphatic carbocycles. The van der Waals surface area contributed by atoms with Gasteiger partial charge < -0.3 is 10.2 Å². The number of hydrogen-bond acceptors (Lipinski definition) is 2. The fourth-order valence-electron chi connectivity index (χ4n) is 2.22. The van der Waals surface area contributed by atoms with Gasteiger partial charge in [0.1, 0.15) is 0 Å². The topological polar surface area (TPSA) is 15.3 Å². The van der Waals surface area contributed by atoms with Crippen LogP contribution in [0.5, 0.6) is 0 Å². The second-order valence-corrected chi connectivity index (χ2v) is 5.58. The van der Waals surface area contributed by atoms with Crippen LogP contribution in [-0.4, -0.2) is 36.6 Å². The second-order valence-electron chi connectivity index (χ2n) is 5.58. The maximum Gasteiger partial charge on any atom is 0.0123 e. The average Bonchev–Trinajstić information content (AvgIpc) is 2.70. The van der Waals surface area contributed by atoms with E-state index in [1.165, 1.54) is 38.6 Å². The highest BCUT2D eigenvalue weighted by Gasteiger charge is 2.19. The van der Waals surface area contributed by atoms with Crippen molar-refractivity contribution in [1.82, 2.24) is 10.2 Å². The molecule has 2 nitrogen and oxygen atoms in total. The average molecular weight is 212 g/mol. The molecule has 2 heteroatoms. The van der Waals surface area contributed by atoms with Gasteiger partial charge in [0.2, 0.25) is 0 Å². The third-order valence-electron chi connectivity index (χ3n) is 3.90. The largest absolute Gasteiger partial charge is 0.311 e. The first-order chi connectivity index (χ1) is 7.05. The number of likely N-dealkylation sites (N-methyl/N-ethyl adjacent to an activating group) is 1. The van der Waals surface area contributed by atoms with E-state index in [0.29, 0.717) is 5.54 Å². The Balaban J connectivity index is 2.13. The van der Waals surface area contributed by atoms with Crippen LogP contribution >= 0.6 is 0 Å². The summed E-state index contributed by atoms with van der Waals surface area (Å²) in [6.45, 7) is 9.11. The molecule has 0 aliphatic heterocycles. The molecule has 1 aliphatic rings. The van der Waals surface area contributed by atoms with Crippen LogP contribution in [0.1, 0.15) is 52.9 Å². The summed E-state index contributed by atoms with van der Waals surface area (Å²) in [5, 5.41) is 3.62. The van der Waals surface area contributed by atoms with Crippen molar-refractivity contribution in [2.45, 2.75) is 64.5 Å². The molecule has 0 aromatic rings. The summed E-state index contributed by atoms with van der Waals surface area (Å²) in [7, 11) is 2.27. The lowest BCUT2D eigenvalue weighted by atomic mass is 10.0. The molecule has 0 unspecified atom stereocenters.